The number of rotatable bonds is 7. The number of benzene rings is 2. The first-order valence-corrected chi connectivity index (χ1v) is 7.47. The van der Waals surface area contributed by atoms with E-state index in [9.17, 15) is 8.78 Å². The summed E-state index contributed by atoms with van der Waals surface area (Å²) in [5, 5.41) is 3.26. The van der Waals surface area contributed by atoms with E-state index in [1.807, 2.05) is 13.0 Å². The Morgan fingerprint density at radius 3 is 2.08 bits per heavy atom. The van der Waals surface area contributed by atoms with Gasteiger partial charge in [0.15, 0.2) is 23.1 Å². The summed E-state index contributed by atoms with van der Waals surface area (Å²) in [7, 11) is 4.69. The van der Waals surface area contributed by atoms with E-state index in [1.165, 1.54) is 6.07 Å². The molecule has 0 aliphatic rings. The molecule has 130 valence electrons. The normalized spacial score (nSPS) is 11.9. The fraction of sp³-hybridized carbons (Fsp3) is 0.333. The molecule has 0 saturated carbocycles. The van der Waals surface area contributed by atoms with Gasteiger partial charge < -0.3 is 19.5 Å². The summed E-state index contributed by atoms with van der Waals surface area (Å²) in [5.74, 6) is 0.109. The molecule has 0 radical (unpaired) electrons. The highest BCUT2D eigenvalue weighted by Gasteiger charge is 2.14. The second kappa shape index (κ2) is 7.97. The molecule has 0 fully saturated rings. The molecule has 0 bridgehead atoms. The molecule has 0 amide bonds. The molecule has 1 atom stereocenters. The lowest BCUT2D eigenvalue weighted by molar-refractivity contribution is 0.346. The molecular weight excluding hydrogens is 316 g/mol. The molecule has 0 spiro atoms. The zero-order valence-electron chi connectivity index (χ0n) is 14.2. The molecule has 0 aliphatic carbocycles. The quantitative estimate of drug-likeness (QED) is 0.833. The van der Waals surface area contributed by atoms with Crippen LogP contribution in [0.1, 0.15) is 24.1 Å². The molecule has 2 rings (SSSR count). The number of hydrogen-bond donors (Lipinski definition) is 1. The predicted octanol–water partition coefficient (Wildman–Crippen LogP) is 3.84. The first kappa shape index (κ1) is 18.0. The molecule has 4 nitrogen and oxygen atoms in total. The van der Waals surface area contributed by atoms with Crippen molar-refractivity contribution in [2.24, 2.45) is 0 Å². The summed E-state index contributed by atoms with van der Waals surface area (Å²) >= 11 is 0. The van der Waals surface area contributed by atoms with Gasteiger partial charge in [0, 0.05) is 24.2 Å². The zero-order valence-corrected chi connectivity index (χ0v) is 14.2. The number of halogens is 2. The van der Waals surface area contributed by atoms with Crippen molar-refractivity contribution in [1.29, 1.82) is 0 Å². The lowest BCUT2D eigenvalue weighted by Crippen LogP contribution is -2.19. The molecule has 0 heterocycles. The number of methoxy groups -OCH3 is 3. The van der Waals surface area contributed by atoms with Crippen LogP contribution in [0.5, 0.6) is 17.2 Å². The van der Waals surface area contributed by atoms with Crippen LogP contribution in [-0.4, -0.2) is 21.3 Å². The SMILES string of the molecule is COc1cc(OC)c(OC)cc1CN[C@H](C)c1ccc(F)c(F)c1. The molecule has 1 N–H and O–H groups in total. The second-order valence-corrected chi connectivity index (χ2v) is 5.30. The maximum Gasteiger partial charge on any atom is 0.164 e. The summed E-state index contributed by atoms with van der Waals surface area (Å²) in [6.07, 6.45) is 0. The molecule has 0 aliphatic heterocycles. The van der Waals surface area contributed by atoms with Crippen LogP contribution < -0.4 is 19.5 Å². The Bertz CT molecular complexity index is 707. The van der Waals surface area contributed by atoms with E-state index in [4.69, 9.17) is 14.2 Å². The third kappa shape index (κ3) is 3.94. The van der Waals surface area contributed by atoms with Crippen molar-refractivity contribution in [3.63, 3.8) is 0 Å². The standard InChI is InChI=1S/C18H21F2NO3/c1-11(12-5-6-14(19)15(20)7-12)21-10-13-8-17(23-3)18(24-4)9-16(13)22-2/h5-9,11,21H,10H2,1-4H3/t11-/m1/s1. The van der Waals surface area contributed by atoms with E-state index in [1.54, 1.807) is 33.5 Å². The second-order valence-electron chi connectivity index (χ2n) is 5.30. The van der Waals surface area contributed by atoms with Crippen LogP contribution in [-0.2, 0) is 6.54 Å². The van der Waals surface area contributed by atoms with Crippen molar-refractivity contribution >= 4 is 0 Å². The minimum atomic E-state index is -0.857. The number of hydrogen-bond acceptors (Lipinski definition) is 4. The van der Waals surface area contributed by atoms with E-state index < -0.39 is 11.6 Å². The van der Waals surface area contributed by atoms with Gasteiger partial charge in [0.25, 0.3) is 0 Å². The molecule has 0 saturated heterocycles. The van der Waals surface area contributed by atoms with Gasteiger partial charge in [-0.05, 0) is 30.7 Å². The minimum Gasteiger partial charge on any atom is -0.496 e. The average molecular weight is 337 g/mol. The molecule has 2 aromatic rings. The molecule has 6 heteroatoms. The predicted molar refractivity (Wildman–Crippen MR) is 87.7 cm³/mol. The molecule has 24 heavy (non-hydrogen) atoms. The van der Waals surface area contributed by atoms with Gasteiger partial charge in [-0.25, -0.2) is 8.78 Å². The van der Waals surface area contributed by atoms with Crippen LogP contribution in [0.25, 0.3) is 0 Å². The fourth-order valence-electron chi connectivity index (χ4n) is 2.39. The minimum absolute atomic E-state index is 0.169. The van der Waals surface area contributed by atoms with Gasteiger partial charge in [0.1, 0.15) is 5.75 Å². The highest BCUT2D eigenvalue weighted by atomic mass is 19.2. The van der Waals surface area contributed by atoms with E-state index in [0.717, 1.165) is 11.6 Å². The van der Waals surface area contributed by atoms with Gasteiger partial charge in [0.05, 0.1) is 21.3 Å². The third-order valence-electron chi connectivity index (χ3n) is 3.83. The van der Waals surface area contributed by atoms with Crippen LogP contribution >= 0.6 is 0 Å². The van der Waals surface area contributed by atoms with Crippen LogP contribution in [0.4, 0.5) is 8.78 Å². The third-order valence-corrected chi connectivity index (χ3v) is 3.83. The topological polar surface area (TPSA) is 39.7 Å². The fourth-order valence-corrected chi connectivity index (χ4v) is 2.39. The molecule has 0 unspecified atom stereocenters. The maximum absolute atomic E-state index is 13.4. The highest BCUT2D eigenvalue weighted by molar-refractivity contribution is 5.50. The van der Waals surface area contributed by atoms with E-state index >= 15 is 0 Å². The molecule has 0 aromatic heterocycles. The summed E-state index contributed by atoms with van der Waals surface area (Å²) < 4.78 is 42.3. The van der Waals surface area contributed by atoms with Gasteiger partial charge in [-0.15, -0.1) is 0 Å². The van der Waals surface area contributed by atoms with Gasteiger partial charge in [-0.3, -0.25) is 0 Å². The van der Waals surface area contributed by atoms with Gasteiger partial charge in [-0.2, -0.15) is 0 Å². The summed E-state index contributed by atoms with van der Waals surface area (Å²) in [4.78, 5) is 0. The Morgan fingerprint density at radius 2 is 1.50 bits per heavy atom. The maximum atomic E-state index is 13.4. The van der Waals surface area contributed by atoms with Crippen LogP contribution in [0.15, 0.2) is 30.3 Å². The Labute approximate surface area is 140 Å². The average Bonchev–Trinajstić information content (AvgIpc) is 2.60. The van der Waals surface area contributed by atoms with Crippen LogP contribution in [0, 0.1) is 11.6 Å². The number of ether oxygens (including phenoxy) is 3. The van der Waals surface area contributed by atoms with Crippen molar-refractivity contribution < 1.29 is 23.0 Å². The lowest BCUT2D eigenvalue weighted by Gasteiger charge is -2.18. The Kier molecular flexibility index (Phi) is 5.98. The smallest absolute Gasteiger partial charge is 0.164 e. The van der Waals surface area contributed by atoms with Gasteiger partial charge >= 0.3 is 0 Å². The van der Waals surface area contributed by atoms with Gasteiger partial charge in [0.2, 0.25) is 0 Å². The van der Waals surface area contributed by atoms with E-state index in [2.05, 4.69) is 5.32 Å². The van der Waals surface area contributed by atoms with Crippen molar-refractivity contribution in [2.75, 3.05) is 21.3 Å². The number of nitrogens with one attached hydrogen (secondary N) is 1. The van der Waals surface area contributed by atoms with Crippen molar-refractivity contribution in [3.05, 3.63) is 53.1 Å². The van der Waals surface area contributed by atoms with Crippen molar-refractivity contribution in [1.82, 2.24) is 5.32 Å². The lowest BCUT2D eigenvalue weighted by atomic mass is 10.1. The summed E-state index contributed by atoms with van der Waals surface area (Å²) in [5.41, 5.74) is 1.53. The van der Waals surface area contributed by atoms with Gasteiger partial charge in [-0.1, -0.05) is 6.07 Å². The van der Waals surface area contributed by atoms with Crippen molar-refractivity contribution in [3.8, 4) is 17.2 Å². The van der Waals surface area contributed by atoms with Crippen LogP contribution in [0.2, 0.25) is 0 Å². The molecule has 2 aromatic carbocycles. The van der Waals surface area contributed by atoms with Crippen LogP contribution in [0.3, 0.4) is 0 Å². The Morgan fingerprint density at radius 1 is 0.875 bits per heavy atom. The highest BCUT2D eigenvalue weighted by Crippen LogP contribution is 2.34. The zero-order chi connectivity index (χ0) is 17.7. The summed E-state index contributed by atoms with van der Waals surface area (Å²) in [6.45, 7) is 2.34. The summed E-state index contributed by atoms with van der Waals surface area (Å²) in [6, 6.07) is 7.28. The monoisotopic (exact) mass is 337 g/mol. The van der Waals surface area contributed by atoms with E-state index in [0.29, 0.717) is 29.4 Å². The molecular formula is C18H21F2NO3. The van der Waals surface area contributed by atoms with E-state index in [-0.39, 0.29) is 6.04 Å². The largest absolute Gasteiger partial charge is 0.496 e. The Hall–Kier alpha value is -2.34. The Balaban J connectivity index is 2.16. The first-order chi connectivity index (χ1) is 11.5. The van der Waals surface area contributed by atoms with Crippen molar-refractivity contribution in [2.45, 2.75) is 19.5 Å². The first-order valence-electron chi connectivity index (χ1n) is 7.47.